The van der Waals surface area contributed by atoms with Crippen LogP contribution in [0.4, 0.5) is 4.79 Å². The van der Waals surface area contributed by atoms with Crippen LogP contribution in [0.3, 0.4) is 0 Å². The van der Waals surface area contributed by atoms with Gasteiger partial charge in [0.25, 0.3) is 0 Å². The van der Waals surface area contributed by atoms with Gasteiger partial charge in [0, 0.05) is 30.5 Å². The average Bonchev–Trinajstić information content (AvgIpc) is 3.14. The topological polar surface area (TPSA) is 46.6 Å². The Labute approximate surface area is 134 Å². The molecule has 0 spiro atoms. The third kappa shape index (κ3) is 2.40. The fraction of sp³-hybridized carbons (Fsp3) is 0.263. The number of rotatable bonds is 2. The summed E-state index contributed by atoms with van der Waals surface area (Å²) >= 11 is 0. The molecule has 4 heteroatoms. The van der Waals surface area contributed by atoms with Crippen LogP contribution in [0.25, 0.3) is 0 Å². The van der Waals surface area contributed by atoms with E-state index in [1.165, 1.54) is 0 Å². The lowest BCUT2D eigenvalue weighted by Gasteiger charge is -2.17. The van der Waals surface area contributed by atoms with Crippen molar-refractivity contribution in [3.8, 4) is 0 Å². The van der Waals surface area contributed by atoms with Gasteiger partial charge in [-0.1, -0.05) is 54.6 Å². The molecule has 2 atom stereocenters. The first-order valence-corrected chi connectivity index (χ1v) is 7.83. The molecule has 2 aromatic rings. The van der Waals surface area contributed by atoms with Crippen molar-refractivity contribution in [3.63, 3.8) is 0 Å². The van der Waals surface area contributed by atoms with E-state index in [2.05, 4.69) is 0 Å². The number of carbonyl (C=O) groups excluding carboxylic acids is 2. The lowest BCUT2D eigenvalue weighted by molar-refractivity contribution is 0.0908. The standard InChI is InChI=1S/C19H17NO3/c21-18-15-9-5-4-8-14(15)16-10-20(11-17(16)18)19(22)23-12-13-6-2-1-3-7-13/h1-9,16-17H,10-12H2/t16-,17+/m0/s1. The molecule has 1 aliphatic carbocycles. The number of ketones is 1. The molecular formula is C19H17NO3. The maximum absolute atomic E-state index is 12.4. The number of hydrogen-bond acceptors (Lipinski definition) is 3. The molecule has 1 saturated heterocycles. The van der Waals surface area contributed by atoms with Crippen LogP contribution in [0.15, 0.2) is 54.6 Å². The summed E-state index contributed by atoms with van der Waals surface area (Å²) in [5.74, 6) is 0.156. The van der Waals surface area contributed by atoms with Gasteiger partial charge in [0.2, 0.25) is 0 Å². The molecule has 1 aliphatic heterocycles. The molecule has 23 heavy (non-hydrogen) atoms. The van der Waals surface area contributed by atoms with Crippen LogP contribution in [0.1, 0.15) is 27.4 Å². The van der Waals surface area contributed by atoms with E-state index in [1.807, 2.05) is 54.6 Å². The highest BCUT2D eigenvalue weighted by Gasteiger charge is 2.47. The third-order valence-corrected chi connectivity index (χ3v) is 4.75. The molecule has 0 saturated carbocycles. The molecule has 1 amide bonds. The number of benzene rings is 2. The van der Waals surface area contributed by atoms with Gasteiger partial charge in [0.1, 0.15) is 6.61 Å². The number of Topliss-reactive ketones (excluding diaryl/α,β-unsaturated/α-hetero) is 1. The monoisotopic (exact) mass is 307 g/mol. The molecule has 1 heterocycles. The van der Waals surface area contributed by atoms with E-state index in [4.69, 9.17) is 4.74 Å². The summed E-state index contributed by atoms with van der Waals surface area (Å²) in [6.45, 7) is 1.27. The lowest BCUT2D eigenvalue weighted by Crippen LogP contribution is -2.30. The quantitative estimate of drug-likeness (QED) is 0.855. The zero-order valence-electron chi connectivity index (χ0n) is 12.6. The highest BCUT2D eigenvalue weighted by molar-refractivity contribution is 6.04. The number of carbonyl (C=O) groups is 2. The Morgan fingerprint density at radius 2 is 1.70 bits per heavy atom. The summed E-state index contributed by atoms with van der Waals surface area (Å²) < 4.78 is 5.38. The number of nitrogens with zero attached hydrogens (tertiary/aromatic N) is 1. The minimum Gasteiger partial charge on any atom is -0.445 e. The highest BCUT2D eigenvalue weighted by atomic mass is 16.6. The van der Waals surface area contributed by atoms with Gasteiger partial charge >= 0.3 is 6.09 Å². The number of amides is 1. The van der Waals surface area contributed by atoms with Crippen LogP contribution in [-0.2, 0) is 11.3 Å². The van der Waals surface area contributed by atoms with Crippen molar-refractivity contribution in [1.82, 2.24) is 4.90 Å². The van der Waals surface area contributed by atoms with Crippen molar-refractivity contribution in [1.29, 1.82) is 0 Å². The first-order valence-electron chi connectivity index (χ1n) is 7.83. The Morgan fingerprint density at radius 1 is 1.00 bits per heavy atom. The van der Waals surface area contributed by atoms with Crippen LogP contribution in [0, 0.1) is 5.92 Å². The summed E-state index contributed by atoms with van der Waals surface area (Å²) in [4.78, 5) is 26.4. The van der Waals surface area contributed by atoms with Crippen LogP contribution in [-0.4, -0.2) is 29.9 Å². The predicted molar refractivity (Wildman–Crippen MR) is 85.2 cm³/mol. The van der Waals surface area contributed by atoms with Gasteiger partial charge in [-0.15, -0.1) is 0 Å². The van der Waals surface area contributed by atoms with Gasteiger partial charge in [0.05, 0.1) is 0 Å². The Morgan fingerprint density at radius 3 is 2.52 bits per heavy atom. The minimum absolute atomic E-state index is 0.114. The largest absolute Gasteiger partial charge is 0.445 e. The Kier molecular flexibility index (Phi) is 3.37. The van der Waals surface area contributed by atoms with E-state index in [0.717, 1.165) is 16.7 Å². The second-order valence-corrected chi connectivity index (χ2v) is 6.11. The van der Waals surface area contributed by atoms with Crippen molar-refractivity contribution in [3.05, 3.63) is 71.3 Å². The maximum atomic E-state index is 12.4. The number of likely N-dealkylation sites (tertiary alicyclic amines) is 1. The van der Waals surface area contributed by atoms with Crippen LogP contribution in [0.5, 0.6) is 0 Å². The second kappa shape index (κ2) is 5.54. The molecule has 2 aromatic carbocycles. The maximum Gasteiger partial charge on any atom is 0.410 e. The zero-order chi connectivity index (χ0) is 15.8. The third-order valence-electron chi connectivity index (χ3n) is 4.75. The van der Waals surface area contributed by atoms with E-state index in [0.29, 0.717) is 13.1 Å². The van der Waals surface area contributed by atoms with Gasteiger partial charge in [-0.05, 0) is 11.1 Å². The molecule has 4 rings (SSSR count). The fourth-order valence-corrected chi connectivity index (χ4v) is 3.59. The van der Waals surface area contributed by atoms with E-state index >= 15 is 0 Å². The fourth-order valence-electron chi connectivity index (χ4n) is 3.59. The zero-order valence-corrected chi connectivity index (χ0v) is 12.6. The van der Waals surface area contributed by atoms with E-state index in [-0.39, 0.29) is 30.3 Å². The molecule has 2 aliphatic rings. The smallest absolute Gasteiger partial charge is 0.410 e. The van der Waals surface area contributed by atoms with E-state index in [9.17, 15) is 9.59 Å². The summed E-state index contributed by atoms with van der Waals surface area (Å²) in [6.07, 6.45) is -0.339. The van der Waals surface area contributed by atoms with Crippen molar-refractivity contribution >= 4 is 11.9 Å². The highest BCUT2D eigenvalue weighted by Crippen LogP contribution is 2.42. The van der Waals surface area contributed by atoms with E-state index < -0.39 is 0 Å². The number of fused-ring (bicyclic) bond motifs is 3. The molecular weight excluding hydrogens is 290 g/mol. The predicted octanol–water partition coefficient (Wildman–Crippen LogP) is 3.24. The Hall–Kier alpha value is -2.62. The summed E-state index contributed by atoms with van der Waals surface area (Å²) in [7, 11) is 0. The van der Waals surface area contributed by atoms with E-state index in [1.54, 1.807) is 4.90 Å². The SMILES string of the molecule is O=C1c2ccccc2[C@@H]2CN(C(=O)OCc3ccccc3)C[C@@H]12. The van der Waals surface area contributed by atoms with Crippen LogP contribution < -0.4 is 0 Å². The van der Waals surface area contributed by atoms with Gasteiger partial charge in [-0.2, -0.15) is 0 Å². The molecule has 4 nitrogen and oxygen atoms in total. The lowest BCUT2D eigenvalue weighted by atomic mass is 9.96. The summed E-state index contributed by atoms with van der Waals surface area (Å²) in [5, 5.41) is 0. The molecule has 116 valence electrons. The molecule has 0 aromatic heterocycles. The van der Waals surface area contributed by atoms with Crippen molar-refractivity contribution < 1.29 is 14.3 Å². The normalized spacial score (nSPS) is 21.9. The Balaban J connectivity index is 1.43. The average molecular weight is 307 g/mol. The number of hydrogen-bond donors (Lipinski definition) is 0. The van der Waals surface area contributed by atoms with Crippen LogP contribution in [0.2, 0.25) is 0 Å². The van der Waals surface area contributed by atoms with Crippen molar-refractivity contribution in [2.45, 2.75) is 12.5 Å². The Bertz CT molecular complexity index is 756. The number of ether oxygens (including phenoxy) is 1. The van der Waals surface area contributed by atoms with Gasteiger partial charge < -0.3 is 9.64 Å². The molecule has 0 radical (unpaired) electrons. The second-order valence-electron chi connectivity index (χ2n) is 6.11. The van der Waals surface area contributed by atoms with Gasteiger partial charge in [-0.3, -0.25) is 4.79 Å². The summed E-state index contributed by atoms with van der Waals surface area (Å²) in [6, 6.07) is 17.3. The molecule has 0 N–H and O–H groups in total. The van der Waals surface area contributed by atoms with Crippen molar-refractivity contribution in [2.24, 2.45) is 5.92 Å². The minimum atomic E-state index is -0.339. The molecule has 0 unspecified atom stereocenters. The first kappa shape index (κ1) is 14.0. The van der Waals surface area contributed by atoms with Gasteiger partial charge in [0.15, 0.2) is 5.78 Å². The molecule has 1 fully saturated rings. The van der Waals surface area contributed by atoms with Crippen molar-refractivity contribution in [2.75, 3.05) is 13.1 Å². The first-order chi connectivity index (χ1) is 11.2. The van der Waals surface area contributed by atoms with Gasteiger partial charge in [-0.25, -0.2) is 4.79 Å². The molecule has 0 bridgehead atoms. The van der Waals surface area contributed by atoms with Crippen LogP contribution >= 0.6 is 0 Å². The summed E-state index contributed by atoms with van der Waals surface area (Å²) in [5.41, 5.74) is 2.85.